The Hall–Kier alpha value is -2.61. The second-order valence-electron chi connectivity index (χ2n) is 8.54. The molecule has 2 heterocycles. The van der Waals surface area contributed by atoms with Crippen LogP contribution in [0.25, 0.3) is 33.0 Å². The predicted octanol–water partition coefficient (Wildman–Crippen LogP) is 6.85. The van der Waals surface area contributed by atoms with Gasteiger partial charge in [0.15, 0.2) is 0 Å². The summed E-state index contributed by atoms with van der Waals surface area (Å²) < 4.78 is 6.01. The summed E-state index contributed by atoms with van der Waals surface area (Å²) in [5.74, 6) is 0.930. The third-order valence-corrected chi connectivity index (χ3v) is 4.70. The largest absolute Gasteiger partial charge is 0.461 e. The molecule has 2 aromatic carbocycles. The predicted molar refractivity (Wildman–Crippen MR) is 110 cm³/mol. The summed E-state index contributed by atoms with van der Waals surface area (Å²) in [6.45, 7) is 10.9. The Morgan fingerprint density at radius 3 is 2.50 bits per heavy atom. The fourth-order valence-electron chi connectivity index (χ4n) is 3.77. The Labute approximate surface area is 154 Å². The van der Waals surface area contributed by atoms with Crippen molar-refractivity contribution in [1.29, 1.82) is 0 Å². The van der Waals surface area contributed by atoms with Crippen molar-refractivity contribution in [1.82, 2.24) is 4.98 Å². The van der Waals surface area contributed by atoms with Crippen LogP contribution in [-0.2, 0) is 6.42 Å². The van der Waals surface area contributed by atoms with Crippen LogP contribution in [0.5, 0.6) is 0 Å². The van der Waals surface area contributed by atoms with Gasteiger partial charge in [-0.15, -0.1) is 0 Å². The van der Waals surface area contributed by atoms with E-state index in [4.69, 9.17) is 9.40 Å². The van der Waals surface area contributed by atoms with E-state index in [2.05, 4.69) is 70.2 Å². The van der Waals surface area contributed by atoms with Gasteiger partial charge in [0.1, 0.15) is 11.3 Å². The molecule has 0 atom stereocenters. The van der Waals surface area contributed by atoms with Crippen molar-refractivity contribution in [2.75, 3.05) is 0 Å². The Kier molecular flexibility index (Phi) is 3.87. The zero-order chi connectivity index (χ0) is 18.5. The van der Waals surface area contributed by atoms with Crippen molar-refractivity contribution in [3.63, 3.8) is 0 Å². The van der Waals surface area contributed by atoms with Crippen LogP contribution in [0.15, 0.2) is 53.1 Å². The number of aryl methyl sites for hydroxylation is 2. The highest BCUT2D eigenvalue weighted by Crippen LogP contribution is 2.35. The molecule has 0 fully saturated rings. The van der Waals surface area contributed by atoms with Crippen molar-refractivity contribution in [2.24, 2.45) is 5.41 Å². The Balaban J connectivity index is 1.93. The molecule has 2 nitrogen and oxygen atoms in total. The van der Waals surface area contributed by atoms with Gasteiger partial charge >= 0.3 is 0 Å². The normalized spacial score (nSPS) is 12.2. The van der Waals surface area contributed by atoms with Crippen LogP contribution >= 0.6 is 0 Å². The molecule has 0 spiro atoms. The molecule has 0 N–H and O–H groups in total. The number of pyridine rings is 1. The highest BCUT2D eigenvalue weighted by molar-refractivity contribution is 6.02. The SMILES string of the molecule is Cc1cc(-c2nccc3cc(CC(C)(C)C)ccc23)c2oc(C)cc2c1. The first kappa shape index (κ1) is 16.8. The van der Waals surface area contributed by atoms with Gasteiger partial charge in [-0.25, -0.2) is 0 Å². The Morgan fingerprint density at radius 2 is 1.73 bits per heavy atom. The minimum atomic E-state index is 0.276. The molecule has 4 rings (SSSR count). The molecule has 0 aliphatic carbocycles. The number of hydrogen-bond acceptors (Lipinski definition) is 2. The molecule has 2 aromatic heterocycles. The smallest absolute Gasteiger partial charge is 0.143 e. The zero-order valence-corrected chi connectivity index (χ0v) is 16.2. The molecule has 0 saturated heterocycles. The topological polar surface area (TPSA) is 26.0 Å². The minimum absolute atomic E-state index is 0.276. The molecule has 0 aliphatic heterocycles. The second kappa shape index (κ2) is 5.98. The van der Waals surface area contributed by atoms with Gasteiger partial charge in [0.25, 0.3) is 0 Å². The van der Waals surface area contributed by atoms with E-state index in [0.29, 0.717) is 0 Å². The maximum atomic E-state index is 6.01. The van der Waals surface area contributed by atoms with Gasteiger partial charge in [-0.1, -0.05) is 39.0 Å². The molecule has 0 amide bonds. The first-order valence-electron chi connectivity index (χ1n) is 9.19. The number of aromatic nitrogens is 1. The van der Waals surface area contributed by atoms with Crippen molar-refractivity contribution in [3.05, 3.63) is 65.5 Å². The van der Waals surface area contributed by atoms with Crippen LogP contribution in [0.3, 0.4) is 0 Å². The van der Waals surface area contributed by atoms with Crippen molar-refractivity contribution >= 4 is 21.7 Å². The average Bonchev–Trinajstić information content (AvgIpc) is 2.91. The lowest BCUT2D eigenvalue weighted by Gasteiger charge is -2.18. The van der Waals surface area contributed by atoms with Gasteiger partial charge in [-0.2, -0.15) is 0 Å². The van der Waals surface area contributed by atoms with Gasteiger partial charge in [-0.3, -0.25) is 4.98 Å². The highest BCUT2D eigenvalue weighted by Gasteiger charge is 2.15. The fourth-order valence-corrected chi connectivity index (χ4v) is 3.77. The number of benzene rings is 2. The molecule has 0 unspecified atom stereocenters. The molecule has 0 saturated carbocycles. The van der Waals surface area contributed by atoms with E-state index in [0.717, 1.165) is 34.4 Å². The lowest BCUT2D eigenvalue weighted by atomic mass is 9.87. The number of hydrogen-bond donors (Lipinski definition) is 0. The maximum Gasteiger partial charge on any atom is 0.143 e. The third-order valence-electron chi connectivity index (χ3n) is 4.70. The monoisotopic (exact) mass is 343 g/mol. The quantitative estimate of drug-likeness (QED) is 0.397. The standard InChI is InChI=1S/C24H25NO/c1-15-10-19-12-16(2)26-23(19)21(11-15)22-20-7-6-17(14-24(3,4)5)13-18(20)8-9-25-22/h6-13H,14H2,1-5H3. The van der Waals surface area contributed by atoms with Gasteiger partial charge in [-0.05, 0) is 66.5 Å². The van der Waals surface area contributed by atoms with Crippen LogP contribution in [0.2, 0.25) is 0 Å². The third kappa shape index (κ3) is 3.12. The van der Waals surface area contributed by atoms with E-state index >= 15 is 0 Å². The van der Waals surface area contributed by atoms with Gasteiger partial charge in [0, 0.05) is 22.5 Å². The summed E-state index contributed by atoms with van der Waals surface area (Å²) in [4.78, 5) is 4.72. The summed E-state index contributed by atoms with van der Waals surface area (Å²) in [6.07, 6.45) is 2.97. The Bertz CT molecular complexity index is 1110. The lowest BCUT2D eigenvalue weighted by Crippen LogP contribution is -2.08. The fraction of sp³-hybridized carbons (Fsp3) is 0.292. The molecule has 132 valence electrons. The van der Waals surface area contributed by atoms with Crippen LogP contribution < -0.4 is 0 Å². The second-order valence-corrected chi connectivity index (χ2v) is 8.54. The molecular weight excluding hydrogens is 318 g/mol. The molecule has 0 bridgehead atoms. The summed E-state index contributed by atoms with van der Waals surface area (Å²) in [7, 11) is 0. The Morgan fingerprint density at radius 1 is 0.923 bits per heavy atom. The highest BCUT2D eigenvalue weighted by atomic mass is 16.3. The summed E-state index contributed by atoms with van der Waals surface area (Å²) in [6, 6.07) is 15.3. The van der Waals surface area contributed by atoms with Crippen molar-refractivity contribution in [3.8, 4) is 11.3 Å². The van der Waals surface area contributed by atoms with E-state index in [1.54, 1.807) is 0 Å². The molecule has 2 heteroatoms. The van der Waals surface area contributed by atoms with E-state index in [1.165, 1.54) is 21.9 Å². The van der Waals surface area contributed by atoms with E-state index in [9.17, 15) is 0 Å². The average molecular weight is 343 g/mol. The summed E-state index contributed by atoms with van der Waals surface area (Å²) in [5.41, 5.74) is 5.85. The van der Waals surface area contributed by atoms with Crippen LogP contribution in [0.4, 0.5) is 0 Å². The zero-order valence-electron chi connectivity index (χ0n) is 16.2. The number of rotatable bonds is 2. The molecule has 0 radical (unpaired) electrons. The molecule has 4 aromatic rings. The van der Waals surface area contributed by atoms with Crippen LogP contribution in [0, 0.1) is 19.3 Å². The van der Waals surface area contributed by atoms with Crippen LogP contribution in [-0.4, -0.2) is 4.98 Å². The first-order chi connectivity index (χ1) is 12.3. The molecule has 0 aliphatic rings. The number of furan rings is 1. The summed E-state index contributed by atoms with van der Waals surface area (Å²) in [5, 5.41) is 3.54. The van der Waals surface area contributed by atoms with E-state index in [1.807, 2.05) is 13.1 Å². The van der Waals surface area contributed by atoms with Gasteiger partial charge < -0.3 is 4.42 Å². The first-order valence-corrected chi connectivity index (χ1v) is 9.19. The molecular formula is C24H25NO. The lowest BCUT2D eigenvalue weighted by molar-refractivity contribution is 0.411. The van der Waals surface area contributed by atoms with Crippen molar-refractivity contribution in [2.45, 2.75) is 41.0 Å². The van der Waals surface area contributed by atoms with Gasteiger partial charge in [0.05, 0.1) is 5.69 Å². The van der Waals surface area contributed by atoms with Crippen LogP contribution in [0.1, 0.15) is 37.7 Å². The number of nitrogens with zero attached hydrogens (tertiary/aromatic N) is 1. The van der Waals surface area contributed by atoms with Crippen molar-refractivity contribution < 1.29 is 4.42 Å². The molecule has 26 heavy (non-hydrogen) atoms. The minimum Gasteiger partial charge on any atom is -0.461 e. The summed E-state index contributed by atoms with van der Waals surface area (Å²) >= 11 is 0. The van der Waals surface area contributed by atoms with Gasteiger partial charge in [0.2, 0.25) is 0 Å². The van der Waals surface area contributed by atoms with E-state index in [-0.39, 0.29) is 5.41 Å². The number of fused-ring (bicyclic) bond motifs is 2. The maximum absolute atomic E-state index is 6.01. The van der Waals surface area contributed by atoms with E-state index < -0.39 is 0 Å².